The van der Waals surface area contributed by atoms with Crippen LogP contribution >= 0.6 is 0 Å². The van der Waals surface area contributed by atoms with Gasteiger partial charge in [0.25, 0.3) is 5.56 Å². The second kappa shape index (κ2) is 5.62. The first-order valence-corrected chi connectivity index (χ1v) is 6.16. The van der Waals surface area contributed by atoms with Crippen molar-refractivity contribution >= 4 is 11.9 Å². The van der Waals surface area contributed by atoms with Crippen LogP contribution < -0.4 is 5.56 Å². The molecule has 0 aliphatic rings. The van der Waals surface area contributed by atoms with Crippen molar-refractivity contribution in [3.05, 3.63) is 69.1 Å². The molecule has 2 aromatic rings. The van der Waals surface area contributed by atoms with Gasteiger partial charge in [-0.05, 0) is 36.8 Å². The van der Waals surface area contributed by atoms with E-state index in [1.807, 2.05) is 0 Å². The predicted octanol–water partition coefficient (Wildman–Crippen LogP) is 1.60. The lowest BCUT2D eigenvalue weighted by Crippen LogP contribution is -2.28. The summed E-state index contributed by atoms with van der Waals surface area (Å²) < 4.78 is 1.31. The topological polar surface area (TPSA) is 96.6 Å². The minimum Gasteiger partial charge on any atom is -0.478 e. The second-order valence-electron chi connectivity index (χ2n) is 4.59. The molecule has 0 unspecified atom stereocenters. The number of rotatable bonds is 4. The molecule has 1 aromatic carbocycles. The highest BCUT2D eigenvalue weighted by Gasteiger charge is 2.13. The van der Waals surface area contributed by atoms with E-state index in [0.717, 1.165) is 0 Å². The Bertz CT molecular complexity index is 776. The molecule has 0 saturated heterocycles. The van der Waals surface area contributed by atoms with E-state index in [4.69, 9.17) is 10.2 Å². The van der Waals surface area contributed by atoms with Crippen LogP contribution in [0.3, 0.4) is 0 Å². The number of carbonyl (C=O) groups is 2. The normalized spacial score (nSPS) is 10.3. The molecule has 0 radical (unpaired) electrons. The second-order valence-corrected chi connectivity index (χ2v) is 4.59. The zero-order chi connectivity index (χ0) is 15.6. The van der Waals surface area contributed by atoms with Gasteiger partial charge >= 0.3 is 11.9 Å². The Kier molecular flexibility index (Phi) is 3.89. The lowest BCUT2D eigenvalue weighted by molar-refractivity contribution is 0.0685. The number of pyridine rings is 1. The first-order chi connectivity index (χ1) is 9.90. The molecule has 1 aromatic heterocycles. The van der Waals surface area contributed by atoms with Gasteiger partial charge in [0.05, 0.1) is 12.1 Å². The summed E-state index contributed by atoms with van der Waals surface area (Å²) in [5, 5.41) is 17.9. The number of hydrogen-bond acceptors (Lipinski definition) is 3. The zero-order valence-corrected chi connectivity index (χ0v) is 11.2. The molecule has 0 saturated carbocycles. The molecule has 0 aliphatic heterocycles. The molecule has 6 nitrogen and oxygen atoms in total. The number of aromatic nitrogens is 1. The lowest BCUT2D eigenvalue weighted by Gasteiger charge is -2.11. The van der Waals surface area contributed by atoms with Gasteiger partial charge in [-0.1, -0.05) is 12.1 Å². The SMILES string of the molecule is Cc1ccc(C(=O)O)c(=O)n1Cc1cccc(C(=O)O)c1. The maximum absolute atomic E-state index is 12.1. The van der Waals surface area contributed by atoms with E-state index in [0.29, 0.717) is 11.3 Å². The number of aromatic carboxylic acids is 2. The predicted molar refractivity (Wildman–Crippen MR) is 74.9 cm³/mol. The molecule has 2 N–H and O–H groups in total. The lowest BCUT2D eigenvalue weighted by atomic mass is 10.1. The summed E-state index contributed by atoms with van der Waals surface area (Å²) >= 11 is 0. The van der Waals surface area contributed by atoms with Crippen molar-refractivity contribution in [1.82, 2.24) is 4.57 Å². The maximum atomic E-state index is 12.1. The van der Waals surface area contributed by atoms with Gasteiger partial charge in [0, 0.05) is 5.69 Å². The summed E-state index contributed by atoms with van der Waals surface area (Å²) in [5.41, 5.74) is 0.416. The number of benzene rings is 1. The molecule has 0 aliphatic carbocycles. The summed E-state index contributed by atoms with van der Waals surface area (Å²) in [7, 11) is 0. The number of aryl methyl sites for hydroxylation is 1. The number of nitrogens with zero attached hydrogens (tertiary/aromatic N) is 1. The highest BCUT2D eigenvalue weighted by molar-refractivity contribution is 5.88. The van der Waals surface area contributed by atoms with Gasteiger partial charge in [0.1, 0.15) is 5.56 Å². The minimum atomic E-state index is -1.28. The van der Waals surface area contributed by atoms with Gasteiger partial charge in [0.2, 0.25) is 0 Å². The van der Waals surface area contributed by atoms with E-state index in [2.05, 4.69) is 0 Å². The zero-order valence-electron chi connectivity index (χ0n) is 11.2. The smallest absolute Gasteiger partial charge is 0.341 e. The van der Waals surface area contributed by atoms with Crippen molar-refractivity contribution in [3.63, 3.8) is 0 Å². The van der Waals surface area contributed by atoms with Crippen LogP contribution in [0.4, 0.5) is 0 Å². The van der Waals surface area contributed by atoms with E-state index in [9.17, 15) is 14.4 Å². The minimum absolute atomic E-state index is 0.118. The third-order valence-corrected chi connectivity index (χ3v) is 3.14. The molecule has 0 spiro atoms. The molecule has 108 valence electrons. The van der Waals surface area contributed by atoms with Crippen LogP contribution in [0.1, 0.15) is 32.0 Å². The van der Waals surface area contributed by atoms with Gasteiger partial charge in [-0.15, -0.1) is 0 Å². The van der Waals surface area contributed by atoms with Crippen molar-refractivity contribution in [2.45, 2.75) is 13.5 Å². The Morgan fingerprint density at radius 3 is 2.43 bits per heavy atom. The number of hydrogen-bond donors (Lipinski definition) is 2. The van der Waals surface area contributed by atoms with E-state index in [1.165, 1.54) is 22.8 Å². The molecule has 2 rings (SSSR count). The Morgan fingerprint density at radius 1 is 1.10 bits per heavy atom. The summed E-state index contributed by atoms with van der Waals surface area (Å²) in [6.07, 6.45) is 0. The molecular formula is C15H13NO5. The Morgan fingerprint density at radius 2 is 1.81 bits per heavy atom. The van der Waals surface area contributed by atoms with Crippen molar-refractivity contribution in [2.75, 3.05) is 0 Å². The molecular weight excluding hydrogens is 274 g/mol. The van der Waals surface area contributed by atoms with Crippen LogP contribution in [0, 0.1) is 6.92 Å². The third kappa shape index (κ3) is 3.00. The summed E-state index contributed by atoms with van der Waals surface area (Å²) in [6.45, 7) is 1.81. The molecule has 0 bridgehead atoms. The van der Waals surface area contributed by atoms with Gasteiger partial charge < -0.3 is 14.8 Å². The van der Waals surface area contributed by atoms with Crippen LogP contribution in [0.25, 0.3) is 0 Å². The molecule has 6 heteroatoms. The van der Waals surface area contributed by atoms with Gasteiger partial charge in [0.15, 0.2) is 0 Å². The fourth-order valence-electron chi connectivity index (χ4n) is 2.02. The summed E-state index contributed by atoms with van der Waals surface area (Å²) in [6, 6.07) is 9.00. The quantitative estimate of drug-likeness (QED) is 0.890. The Hall–Kier alpha value is -2.89. The van der Waals surface area contributed by atoms with E-state index < -0.39 is 17.5 Å². The van der Waals surface area contributed by atoms with Crippen molar-refractivity contribution in [2.24, 2.45) is 0 Å². The van der Waals surface area contributed by atoms with Crippen LogP contribution in [0.2, 0.25) is 0 Å². The van der Waals surface area contributed by atoms with Crippen molar-refractivity contribution in [3.8, 4) is 0 Å². The molecule has 21 heavy (non-hydrogen) atoms. The van der Waals surface area contributed by atoms with E-state index in [1.54, 1.807) is 25.1 Å². The maximum Gasteiger partial charge on any atom is 0.341 e. The van der Waals surface area contributed by atoms with Gasteiger partial charge in [-0.2, -0.15) is 0 Å². The Labute approximate surface area is 119 Å². The average molecular weight is 287 g/mol. The summed E-state index contributed by atoms with van der Waals surface area (Å²) in [4.78, 5) is 34.0. The standard InChI is InChI=1S/C15H13NO5/c1-9-5-6-12(15(20)21)13(17)16(9)8-10-3-2-4-11(7-10)14(18)19/h2-7H,8H2,1H3,(H,18,19)(H,20,21). The average Bonchev–Trinajstić information content (AvgIpc) is 2.43. The van der Waals surface area contributed by atoms with Crippen molar-refractivity contribution in [1.29, 1.82) is 0 Å². The molecule has 0 fully saturated rings. The Balaban J connectivity index is 2.47. The van der Waals surface area contributed by atoms with Crippen LogP contribution in [-0.4, -0.2) is 26.7 Å². The molecule has 0 amide bonds. The monoisotopic (exact) mass is 287 g/mol. The van der Waals surface area contributed by atoms with Gasteiger partial charge in [-0.3, -0.25) is 4.79 Å². The number of carboxylic acid groups (broad SMARTS) is 2. The van der Waals surface area contributed by atoms with Crippen LogP contribution in [0.15, 0.2) is 41.2 Å². The molecule has 1 heterocycles. The van der Waals surface area contributed by atoms with Crippen molar-refractivity contribution < 1.29 is 19.8 Å². The van der Waals surface area contributed by atoms with Crippen LogP contribution in [-0.2, 0) is 6.54 Å². The van der Waals surface area contributed by atoms with E-state index >= 15 is 0 Å². The number of carboxylic acids is 2. The van der Waals surface area contributed by atoms with Gasteiger partial charge in [-0.25, -0.2) is 9.59 Å². The first-order valence-electron chi connectivity index (χ1n) is 6.16. The highest BCUT2D eigenvalue weighted by atomic mass is 16.4. The first kappa shape index (κ1) is 14.5. The largest absolute Gasteiger partial charge is 0.478 e. The molecule has 0 atom stereocenters. The van der Waals surface area contributed by atoms with E-state index in [-0.39, 0.29) is 17.7 Å². The fraction of sp³-hybridized carbons (Fsp3) is 0.133. The summed E-state index contributed by atoms with van der Waals surface area (Å²) in [5.74, 6) is -2.34. The fourth-order valence-corrected chi connectivity index (χ4v) is 2.02. The highest BCUT2D eigenvalue weighted by Crippen LogP contribution is 2.08. The third-order valence-electron chi connectivity index (χ3n) is 3.14. The van der Waals surface area contributed by atoms with Crippen LogP contribution in [0.5, 0.6) is 0 Å².